The lowest BCUT2D eigenvalue weighted by molar-refractivity contribution is 0.288. The Labute approximate surface area is 111 Å². The number of phenols is 1. The van der Waals surface area contributed by atoms with Gasteiger partial charge in [0.1, 0.15) is 18.4 Å². The van der Waals surface area contributed by atoms with Gasteiger partial charge in [0, 0.05) is 0 Å². The summed E-state index contributed by atoms with van der Waals surface area (Å²) in [6.07, 6.45) is 0. The number of rotatable bonds is 4. The van der Waals surface area contributed by atoms with Crippen molar-refractivity contribution in [1.29, 1.82) is 5.26 Å². The highest BCUT2D eigenvalue weighted by atomic mass is 16.5. The number of phenolic OH excluding ortho intramolecular Hbond substituents is 1. The molecule has 2 aromatic carbocycles. The van der Waals surface area contributed by atoms with Crippen molar-refractivity contribution in [3.05, 3.63) is 53.6 Å². The molecule has 0 aliphatic heterocycles. The molecule has 1 N–H and O–H groups in total. The quantitative estimate of drug-likeness (QED) is 0.912. The molecule has 0 spiro atoms. The van der Waals surface area contributed by atoms with Crippen molar-refractivity contribution in [3.63, 3.8) is 0 Å². The van der Waals surface area contributed by atoms with E-state index in [2.05, 4.69) is 6.07 Å². The summed E-state index contributed by atoms with van der Waals surface area (Å²) in [5, 5.41) is 18.5. The molecule has 4 nitrogen and oxygen atoms in total. The summed E-state index contributed by atoms with van der Waals surface area (Å²) in [6, 6.07) is 14.0. The Kier molecular flexibility index (Phi) is 3.89. The summed E-state index contributed by atoms with van der Waals surface area (Å²) >= 11 is 0. The van der Waals surface area contributed by atoms with Gasteiger partial charge in [-0.1, -0.05) is 18.2 Å². The summed E-state index contributed by atoms with van der Waals surface area (Å²) in [4.78, 5) is 0. The average molecular weight is 255 g/mol. The number of hydrogen-bond acceptors (Lipinski definition) is 4. The van der Waals surface area contributed by atoms with Crippen molar-refractivity contribution in [2.45, 2.75) is 6.61 Å². The van der Waals surface area contributed by atoms with Crippen LogP contribution in [0, 0.1) is 11.3 Å². The molecule has 96 valence electrons. The van der Waals surface area contributed by atoms with Crippen molar-refractivity contribution in [2.75, 3.05) is 7.11 Å². The third-order valence-electron chi connectivity index (χ3n) is 2.65. The van der Waals surface area contributed by atoms with E-state index in [0.717, 1.165) is 5.56 Å². The van der Waals surface area contributed by atoms with Crippen LogP contribution in [0.25, 0.3) is 0 Å². The molecule has 0 saturated heterocycles. The number of ether oxygens (including phenoxy) is 2. The Morgan fingerprint density at radius 3 is 2.63 bits per heavy atom. The van der Waals surface area contributed by atoms with E-state index in [1.54, 1.807) is 42.5 Å². The van der Waals surface area contributed by atoms with Crippen LogP contribution in [-0.4, -0.2) is 12.2 Å². The van der Waals surface area contributed by atoms with Gasteiger partial charge >= 0.3 is 0 Å². The lowest BCUT2D eigenvalue weighted by atomic mass is 10.1. The van der Waals surface area contributed by atoms with Gasteiger partial charge in [-0.05, 0) is 29.8 Å². The van der Waals surface area contributed by atoms with Gasteiger partial charge in [0.15, 0.2) is 11.5 Å². The van der Waals surface area contributed by atoms with Crippen LogP contribution in [0.3, 0.4) is 0 Å². The SMILES string of the molecule is COc1cc(COc2ccccc2O)ccc1C#N. The lowest BCUT2D eigenvalue weighted by Crippen LogP contribution is -1.97. The van der Waals surface area contributed by atoms with Crippen LogP contribution in [0.2, 0.25) is 0 Å². The lowest BCUT2D eigenvalue weighted by Gasteiger charge is -2.09. The van der Waals surface area contributed by atoms with Crippen molar-refractivity contribution in [1.82, 2.24) is 0 Å². The first-order valence-electron chi connectivity index (χ1n) is 5.72. The number of aromatic hydroxyl groups is 1. The van der Waals surface area contributed by atoms with Gasteiger partial charge in [-0.2, -0.15) is 5.26 Å². The number of nitriles is 1. The smallest absolute Gasteiger partial charge is 0.161 e. The highest BCUT2D eigenvalue weighted by molar-refractivity contribution is 5.45. The standard InChI is InChI=1S/C15H13NO3/c1-18-15-8-11(6-7-12(15)9-16)10-19-14-5-3-2-4-13(14)17/h2-8,17H,10H2,1H3. The molecule has 0 radical (unpaired) electrons. The van der Waals surface area contributed by atoms with Crippen LogP contribution in [0.4, 0.5) is 0 Å². The topological polar surface area (TPSA) is 62.5 Å². The Hall–Kier alpha value is -2.67. The minimum atomic E-state index is 0.100. The summed E-state index contributed by atoms with van der Waals surface area (Å²) in [7, 11) is 1.52. The maximum atomic E-state index is 9.58. The molecule has 0 atom stereocenters. The zero-order valence-electron chi connectivity index (χ0n) is 10.5. The third-order valence-corrected chi connectivity index (χ3v) is 2.65. The molecule has 0 heterocycles. The minimum Gasteiger partial charge on any atom is -0.504 e. The van der Waals surface area contributed by atoms with Crippen molar-refractivity contribution < 1.29 is 14.6 Å². The molecule has 4 heteroatoms. The molecular weight excluding hydrogens is 242 g/mol. The second-order valence-electron chi connectivity index (χ2n) is 3.90. The number of para-hydroxylation sites is 2. The maximum Gasteiger partial charge on any atom is 0.161 e. The van der Waals surface area contributed by atoms with Crippen LogP contribution in [0.1, 0.15) is 11.1 Å². The largest absolute Gasteiger partial charge is 0.504 e. The molecule has 0 aromatic heterocycles. The van der Waals surface area contributed by atoms with Gasteiger partial charge in [-0.25, -0.2) is 0 Å². The predicted octanol–water partition coefficient (Wildman–Crippen LogP) is 2.85. The zero-order chi connectivity index (χ0) is 13.7. The molecule has 0 unspecified atom stereocenters. The molecule has 0 aliphatic rings. The number of benzene rings is 2. The van der Waals surface area contributed by atoms with Gasteiger partial charge in [-0.15, -0.1) is 0 Å². The minimum absolute atomic E-state index is 0.100. The highest BCUT2D eigenvalue weighted by Crippen LogP contribution is 2.26. The van der Waals surface area contributed by atoms with Gasteiger partial charge in [0.25, 0.3) is 0 Å². The Balaban J connectivity index is 2.13. The molecule has 0 fully saturated rings. The van der Waals surface area contributed by atoms with Crippen LogP contribution in [-0.2, 0) is 6.61 Å². The first-order chi connectivity index (χ1) is 9.24. The van der Waals surface area contributed by atoms with Gasteiger partial charge in [0.05, 0.1) is 12.7 Å². The van der Waals surface area contributed by atoms with E-state index in [9.17, 15) is 5.11 Å². The fourth-order valence-electron chi connectivity index (χ4n) is 1.66. The summed E-state index contributed by atoms with van der Waals surface area (Å²) < 4.78 is 10.6. The first-order valence-corrected chi connectivity index (χ1v) is 5.72. The zero-order valence-corrected chi connectivity index (χ0v) is 10.5. The molecule has 0 bridgehead atoms. The van der Waals surface area contributed by atoms with Gasteiger partial charge < -0.3 is 14.6 Å². The Bertz CT molecular complexity index is 617. The summed E-state index contributed by atoms with van der Waals surface area (Å²) in [5.41, 5.74) is 1.34. The molecular formula is C15H13NO3. The predicted molar refractivity (Wildman–Crippen MR) is 70.1 cm³/mol. The number of methoxy groups -OCH3 is 1. The maximum absolute atomic E-state index is 9.58. The fourth-order valence-corrected chi connectivity index (χ4v) is 1.66. The van der Waals surface area contributed by atoms with Crippen LogP contribution in [0.5, 0.6) is 17.2 Å². The normalized spacial score (nSPS) is 9.68. The molecule has 0 amide bonds. The van der Waals surface area contributed by atoms with Crippen molar-refractivity contribution in [3.8, 4) is 23.3 Å². The van der Waals surface area contributed by atoms with E-state index in [1.807, 2.05) is 0 Å². The highest BCUT2D eigenvalue weighted by Gasteiger charge is 2.05. The van der Waals surface area contributed by atoms with Gasteiger partial charge in [-0.3, -0.25) is 0 Å². The Morgan fingerprint density at radius 1 is 1.16 bits per heavy atom. The van der Waals surface area contributed by atoms with Crippen LogP contribution < -0.4 is 9.47 Å². The number of hydrogen-bond donors (Lipinski definition) is 1. The van der Waals surface area contributed by atoms with Crippen LogP contribution in [0.15, 0.2) is 42.5 Å². The van der Waals surface area contributed by atoms with E-state index in [0.29, 0.717) is 23.7 Å². The second-order valence-corrected chi connectivity index (χ2v) is 3.90. The first kappa shape index (κ1) is 12.8. The second kappa shape index (κ2) is 5.78. The average Bonchev–Trinajstić information content (AvgIpc) is 2.46. The van der Waals surface area contributed by atoms with E-state index < -0.39 is 0 Å². The Morgan fingerprint density at radius 2 is 1.95 bits per heavy atom. The van der Waals surface area contributed by atoms with E-state index >= 15 is 0 Å². The molecule has 2 rings (SSSR count). The third kappa shape index (κ3) is 2.96. The summed E-state index contributed by atoms with van der Waals surface area (Å²) in [5.74, 6) is 1.04. The number of nitrogens with zero attached hydrogens (tertiary/aromatic N) is 1. The van der Waals surface area contributed by atoms with E-state index in [-0.39, 0.29) is 5.75 Å². The molecule has 2 aromatic rings. The monoisotopic (exact) mass is 255 g/mol. The molecule has 0 saturated carbocycles. The van der Waals surface area contributed by atoms with Gasteiger partial charge in [0.2, 0.25) is 0 Å². The molecule has 0 aliphatic carbocycles. The van der Waals surface area contributed by atoms with Crippen molar-refractivity contribution >= 4 is 0 Å². The van der Waals surface area contributed by atoms with Crippen LogP contribution >= 0.6 is 0 Å². The summed E-state index contributed by atoms with van der Waals surface area (Å²) in [6.45, 7) is 0.291. The molecule has 19 heavy (non-hydrogen) atoms. The van der Waals surface area contributed by atoms with E-state index in [1.165, 1.54) is 7.11 Å². The fraction of sp³-hybridized carbons (Fsp3) is 0.133. The van der Waals surface area contributed by atoms with E-state index in [4.69, 9.17) is 14.7 Å². The van der Waals surface area contributed by atoms with Crippen molar-refractivity contribution in [2.24, 2.45) is 0 Å².